The Bertz CT molecular complexity index is 256. The zero-order valence-corrected chi connectivity index (χ0v) is 6.03. The van der Waals surface area contributed by atoms with E-state index in [1.807, 2.05) is 5.48 Å². The second kappa shape index (κ2) is 3.12. The maximum Gasteiger partial charge on any atom is 0.161 e. The van der Waals surface area contributed by atoms with Gasteiger partial charge in [0.25, 0.3) is 0 Å². The molecular weight excluding hydrogens is 144 g/mol. The highest BCUT2D eigenvalue weighted by Crippen LogP contribution is 2.03. The summed E-state index contributed by atoms with van der Waals surface area (Å²) < 4.78 is 0. The number of rotatable bonds is 2. The van der Waals surface area contributed by atoms with Crippen LogP contribution >= 0.6 is 0 Å². The van der Waals surface area contributed by atoms with Crippen LogP contribution in [0.2, 0.25) is 0 Å². The summed E-state index contributed by atoms with van der Waals surface area (Å²) in [6.07, 6.45) is 1.40. The van der Waals surface area contributed by atoms with Crippen molar-refractivity contribution < 1.29 is 10.0 Å². The lowest BCUT2D eigenvalue weighted by molar-refractivity contribution is 0.101. The summed E-state index contributed by atoms with van der Waals surface area (Å²) in [5.74, 6) is 0.289. The average molecular weight is 152 g/mol. The summed E-state index contributed by atoms with van der Waals surface area (Å²) in [6.45, 7) is 1.46. The van der Waals surface area contributed by atoms with E-state index in [0.29, 0.717) is 11.4 Å². The molecule has 0 spiro atoms. The highest BCUT2D eigenvalue weighted by atomic mass is 16.5. The summed E-state index contributed by atoms with van der Waals surface area (Å²) in [4.78, 5) is 14.5. The second-order valence-electron chi connectivity index (χ2n) is 2.10. The van der Waals surface area contributed by atoms with Crippen LogP contribution in [0.5, 0.6) is 0 Å². The summed E-state index contributed by atoms with van der Waals surface area (Å²) >= 11 is 0. The summed E-state index contributed by atoms with van der Waals surface area (Å²) in [6, 6.07) is 3.12. The molecule has 0 saturated heterocycles. The van der Waals surface area contributed by atoms with Gasteiger partial charge in [-0.25, -0.2) is 4.98 Å². The predicted molar refractivity (Wildman–Crippen MR) is 39.7 cm³/mol. The first-order chi connectivity index (χ1) is 5.24. The van der Waals surface area contributed by atoms with Gasteiger partial charge in [0, 0.05) is 11.8 Å². The first-order valence-electron chi connectivity index (χ1n) is 3.11. The normalized spacial score (nSPS) is 9.27. The van der Waals surface area contributed by atoms with Crippen molar-refractivity contribution in [2.45, 2.75) is 6.92 Å². The van der Waals surface area contributed by atoms with Gasteiger partial charge >= 0.3 is 0 Å². The van der Waals surface area contributed by atoms with Crippen molar-refractivity contribution in [3.8, 4) is 0 Å². The highest BCUT2D eigenvalue weighted by Gasteiger charge is 1.97. The largest absolute Gasteiger partial charge is 0.294 e. The van der Waals surface area contributed by atoms with E-state index in [0.717, 1.165) is 0 Å². The Morgan fingerprint density at radius 2 is 2.36 bits per heavy atom. The summed E-state index contributed by atoms with van der Waals surface area (Å²) in [5.41, 5.74) is 2.40. The van der Waals surface area contributed by atoms with Crippen molar-refractivity contribution in [3.05, 3.63) is 23.9 Å². The van der Waals surface area contributed by atoms with Gasteiger partial charge in [-0.2, -0.15) is 0 Å². The molecule has 58 valence electrons. The van der Waals surface area contributed by atoms with E-state index >= 15 is 0 Å². The molecule has 1 heterocycles. The minimum Gasteiger partial charge on any atom is -0.294 e. The van der Waals surface area contributed by atoms with Gasteiger partial charge in [0.2, 0.25) is 0 Å². The molecule has 0 fully saturated rings. The van der Waals surface area contributed by atoms with E-state index in [9.17, 15) is 4.79 Å². The molecule has 0 aromatic carbocycles. The van der Waals surface area contributed by atoms with Crippen LogP contribution in [0.4, 0.5) is 5.82 Å². The molecule has 0 atom stereocenters. The number of carbonyl (C=O) groups is 1. The molecule has 0 radical (unpaired) electrons. The van der Waals surface area contributed by atoms with E-state index < -0.39 is 0 Å². The van der Waals surface area contributed by atoms with Gasteiger partial charge < -0.3 is 0 Å². The lowest BCUT2D eigenvalue weighted by Gasteiger charge is -1.97. The van der Waals surface area contributed by atoms with Gasteiger partial charge in [0.15, 0.2) is 5.78 Å². The Morgan fingerprint density at radius 3 is 2.73 bits per heavy atom. The lowest BCUT2D eigenvalue weighted by atomic mass is 10.2. The second-order valence-corrected chi connectivity index (χ2v) is 2.10. The molecule has 0 aliphatic rings. The molecule has 11 heavy (non-hydrogen) atoms. The van der Waals surface area contributed by atoms with E-state index in [2.05, 4.69) is 4.98 Å². The molecule has 0 saturated carbocycles. The lowest BCUT2D eigenvalue weighted by Crippen LogP contribution is -1.96. The zero-order valence-electron chi connectivity index (χ0n) is 6.03. The molecule has 0 aliphatic heterocycles. The van der Waals surface area contributed by atoms with Gasteiger partial charge in [0.1, 0.15) is 5.82 Å². The summed E-state index contributed by atoms with van der Waals surface area (Å²) in [7, 11) is 0. The number of anilines is 1. The Kier molecular flexibility index (Phi) is 2.18. The topological polar surface area (TPSA) is 62.2 Å². The van der Waals surface area contributed by atoms with Crippen molar-refractivity contribution in [2.24, 2.45) is 0 Å². The minimum absolute atomic E-state index is 0.0398. The molecule has 0 unspecified atom stereocenters. The standard InChI is InChI=1S/C7H8N2O2/c1-5(10)6-2-3-7(9-11)8-4-6/h2-4,11H,1H3,(H,8,9). The molecule has 2 N–H and O–H groups in total. The van der Waals surface area contributed by atoms with Crippen molar-refractivity contribution >= 4 is 11.6 Å². The molecule has 4 nitrogen and oxygen atoms in total. The van der Waals surface area contributed by atoms with Crippen molar-refractivity contribution in [1.29, 1.82) is 0 Å². The van der Waals surface area contributed by atoms with Gasteiger partial charge in [-0.3, -0.25) is 15.5 Å². The van der Waals surface area contributed by atoms with Crippen LogP contribution in [-0.2, 0) is 0 Å². The van der Waals surface area contributed by atoms with Gasteiger partial charge in [-0.05, 0) is 19.1 Å². The predicted octanol–water partition coefficient (Wildman–Crippen LogP) is 1.09. The zero-order chi connectivity index (χ0) is 8.27. The third-order valence-electron chi connectivity index (χ3n) is 1.28. The first kappa shape index (κ1) is 7.68. The monoisotopic (exact) mass is 152 g/mol. The number of hydrogen-bond donors (Lipinski definition) is 2. The number of carbonyl (C=O) groups excluding carboxylic acids is 1. The summed E-state index contributed by atoms with van der Waals surface area (Å²) in [5, 5.41) is 8.37. The third kappa shape index (κ3) is 1.75. The molecule has 1 rings (SSSR count). The molecule has 0 aliphatic carbocycles. The van der Waals surface area contributed by atoms with Gasteiger partial charge in [-0.1, -0.05) is 0 Å². The Hall–Kier alpha value is -1.42. The van der Waals surface area contributed by atoms with E-state index in [4.69, 9.17) is 5.21 Å². The van der Waals surface area contributed by atoms with Crippen LogP contribution in [0.3, 0.4) is 0 Å². The number of aromatic nitrogens is 1. The Labute approximate surface area is 63.8 Å². The molecule has 0 bridgehead atoms. The number of pyridine rings is 1. The number of Topliss-reactive ketones (excluding diaryl/α,β-unsaturated/α-hetero) is 1. The van der Waals surface area contributed by atoms with E-state index in [1.54, 1.807) is 6.07 Å². The van der Waals surface area contributed by atoms with E-state index in [1.165, 1.54) is 19.2 Å². The van der Waals surface area contributed by atoms with Crippen molar-refractivity contribution in [3.63, 3.8) is 0 Å². The maximum absolute atomic E-state index is 10.7. The van der Waals surface area contributed by atoms with Gasteiger partial charge in [0.05, 0.1) is 0 Å². The molecule has 1 aromatic heterocycles. The SMILES string of the molecule is CC(=O)c1ccc(NO)nc1. The van der Waals surface area contributed by atoms with E-state index in [-0.39, 0.29) is 5.78 Å². The fourth-order valence-electron chi connectivity index (χ4n) is 0.668. The fraction of sp³-hybridized carbons (Fsp3) is 0.143. The van der Waals surface area contributed by atoms with Crippen LogP contribution in [0.1, 0.15) is 17.3 Å². The average Bonchev–Trinajstić information content (AvgIpc) is 2.05. The quantitative estimate of drug-likeness (QED) is 0.491. The number of nitrogens with one attached hydrogen (secondary N) is 1. The number of hydrogen-bond acceptors (Lipinski definition) is 4. The smallest absolute Gasteiger partial charge is 0.161 e. The van der Waals surface area contributed by atoms with Crippen LogP contribution in [0.15, 0.2) is 18.3 Å². The molecule has 4 heteroatoms. The molecular formula is C7H8N2O2. The third-order valence-corrected chi connectivity index (χ3v) is 1.28. The van der Waals surface area contributed by atoms with Crippen molar-refractivity contribution in [2.75, 3.05) is 5.48 Å². The van der Waals surface area contributed by atoms with Crippen molar-refractivity contribution in [1.82, 2.24) is 4.98 Å². The van der Waals surface area contributed by atoms with Gasteiger partial charge in [-0.15, -0.1) is 0 Å². The molecule has 1 aromatic rings. The number of ketones is 1. The Balaban J connectivity index is 2.91. The first-order valence-corrected chi connectivity index (χ1v) is 3.11. The maximum atomic E-state index is 10.7. The van der Waals surface area contributed by atoms with Crippen LogP contribution in [-0.4, -0.2) is 16.0 Å². The Morgan fingerprint density at radius 1 is 1.64 bits per heavy atom. The number of nitrogens with zero attached hydrogens (tertiary/aromatic N) is 1. The van der Waals surface area contributed by atoms with Crippen LogP contribution in [0.25, 0.3) is 0 Å². The highest BCUT2D eigenvalue weighted by molar-refractivity contribution is 5.93. The van der Waals surface area contributed by atoms with Crippen LogP contribution < -0.4 is 5.48 Å². The van der Waals surface area contributed by atoms with Crippen LogP contribution in [0, 0.1) is 0 Å². The minimum atomic E-state index is -0.0398. The molecule has 0 amide bonds. The fourth-order valence-corrected chi connectivity index (χ4v) is 0.668.